The Kier molecular flexibility index (Phi) is 8.01. The zero-order chi connectivity index (χ0) is 21.3. The molecule has 3 heterocycles. The van der Waals surface area contributed by atoms with E-state index in [2.05, 4.69) is 20.1 Å². The predicted octanol–water partition coefficient (Wildman–Crippen LogP) is -4.90. The van der Waals surface area contributed by atoms with Crippen LogP contribution in [-0.2, 0) is 24.1 Å². The Labute approximate surface area is 200 Å². The second-order valence-electron chi connectivity index (χ2n) is 5.70. The largest absolute Gasteiger partial charge is 1.00 e. The van der Waals surface area contributed by atoms with Crippen LogP contribution in [0.1, 0.15) is 5.69 Å². The fourth-order valence-electron chi connectivity index (χ4n) is 2.89. The maximum atomic E-state index is 13.0. The van der Waals surface area contributed by atoms with Crippen LogP contribution < -0.4 is 46.1 Å². The van der Waals surface area contributed by atoms with E-state index in [0.717, 1.165) is 34.2 Å². The Balaban J connectivity index is 0.00000320. The normalized spacial score (nSPS) is 23.6. The van der Waals surface area contributed by atoms with Gasteiger partial charge in [-0.25, -0.2) is 4.98 Å². The second-order valence-corrected chi connectivity index (χ2v) is 7.85. The molecule has 3 rings (SSSR count). The average molecular weight is 462 g/mol. The van der Waals surface area contributed by atoms with Crippen molar-refractivity contribution in [3.8, 4) is 0 Å². The van der Waals surface area contributed by atoms with E-state index in [1.807, 2.05) is 0 Å². The molecule has 0 spiro atoms. The number of Topliss-reactive ketones (excluding diaryl/α,β-unsaturated/α-hetero) is 1. The van der Waals surface area contributed by atoms with Gasteiger partial charge >= 0.3 is 29.6 Å². The summed E-state index contributed by atoms with van der Waals surface area (Å²) in [5.74, 6) is -4.28. The van der Waals surface area contributed by atoms with E-state index in [9.17, 15) is 19.5 Å². The fourth-order valence-corrected chi connectivity index (χ4v) is 4.79. The number of amides is 1. The summed E-state index contributed by atoms with van der Waals surface area (Å²) in [5.41, 5.74) is 11.2. The summed E-state index contributed by atoms with van der Waals surface area (Å²) in [6.45, 7) is 0. The number of hydrogen-bond donors (Lipinski definition) is 2. The van der Waals surface area contributed by atoms with Crippen LogP contribution in [0.5, 0.6) is 0 Å². The summed E-state index contributed by atoms with van der Waals surface area (Å²) in [6, 6.07) is 0. The molecular formula is C15H15N6NaO6S2. The third-order valence-electron chi connectivity index (χ3n) is 4.10. The molecule has 1 fully saturated rings. The number of carbonyl (C=O) groups excluding carboxylic acids is 3. The molecule has 2 aliphatic rings. The van der Waals surface area contributed by atoms with E-state index in [4.69, 9.17) is 16.3 Å². The molecule has 154 valence electrons. The molecule has 0 saturated carbocycles. The Morgan fingerprint density at radius 3 is 2.60 bits per heavy atom. The molecule has 1 aromatic heterocycles. The molecule has 2 aliphatic heterocycles. The number of fused-ring (bicyclic) bond motifs is 1. The number of carboxylic acids is 1. The molecule has 2 unspecified atom stereocenters. The van der Waals surface area contributed by atoms with Gasteiger partial charge in [0.15, 0.2) is 10.8 Å². The van der Waals surface area contributed by atoms with Crippen LogP contribution in [-0.4, -0.2) is 64.4 Å². The van der Waals surface area contributed by atoms with Gasteiger partial charge in [0.2, 0.25) is 11.7 Å². The van der Waals surface area contributed by atoms with Crippen LogP contribution in [0.3, 0.4) is 0 Å². The maximum Gasteiger partial charge on any atom is 1.00 e. The van der Waals surface area contributed by atoms with Crippen LogP contribution in [0, 0.1) is 5.92 Å². The van der Waals surface area contributed by atoms with Gasteiger partial charge in [-0.15, -0.1) is 23.1 Å². The number of rotatable bonds is 7. The van der Waals surface area contributed by atoms with Crippen molar-refractivity contribution >= 4 is 57.8 Å². The monoisotopic (exact) mass is 462 g/mol. The number of carboxylic acid groups (broad SMARTS) is 1. The number of thiazole rings is 1. The topological polar surface area (TPSA) is 186 Å². The molecule has 0 bridgehead atoms. The molecule has 1 saturated heterocycles. The van der Waals surface area contributed by atoms with Gasteiger partial charge in [-0.2, -0.15) is 0 Å². The summed E-state index contributed by atoms with van der Waals surface area (Å²) in [5, 5.41) is 18.8. The number of hydrogen-bond acceptors (Lipinski definition) is 13. The third-order valence-corrected chi connectivity index (χ3v) is 6.09. The average Bonchev–Trinajstić information content (AvgIpc) is 3.10. The first kappa shape index (κ1) is 24.3. The van der Waals surface area contributed by atoms with Crippen molar-refractivity contribution in [2.24, 2.45) is 22.0 Å². The van der Waals surface area contributed by atoms with E-state index < -0.39 is 40.0 Å². The van der Waals surface area contributed by atoms with Crippen molar-refractivity contribution in [2.45, 2.75) is 10.7 Å². The standard InChI is InChI=1S/C15H16N6O6S2.Na/c1-26-18-3-5-9(14(24)25)21-12(23)7(13(21)29-11(5)16)10(22)8(20-27-2)6-4-28-15(17)19-6;/h3-4,7,11,13H,16H2,1-2H3,(H2,17,19)(H,24,25);/q;+1/p-1/t7?,11?,13-;/m1./s1. The van der Waals surface area contributed by atoms with E-state index in [1.165, 1.54) is 19.6 Å². The minimum atomic E-state index is -1.62. The number of carbonyl (C=O) groups is 3. The van der Waals surface area contributed by atoms with Crippen molar-refractivity contribution in [3.05, 3.63) is 22.3 Å². The predicted molar refractivity (Wildman–Crippen MR) is 102 cm³/mol. The number of thioether (sulfide) groups is 1. The first-order valence-electron chi connectivity index (χ1n) is 7.94. The van der Waals surface area contributed by atoms with Gasteiger partial charge in [0.1, 0.15) is 31.2 Å². The number of ketones is 1. The van der Waals surface area contributed by atoms with E-state index in [-0.39, 0.29) is 51.7 Å². The number of β-lactam (4-membered cyclic amide) rings is 1. The number of aliphatic carboxylic acids is 1. The van der Waals surface area contributed by atoms with Crippen molar-refractivity contribution in [1.82, 2.24) is 9.88 Å². The Morgan fingerprint density at radius 1 is 1.37 bits per heavy atom. The SMILES string of the molecule is CON=CC1=C(C(=O)[O-])N2C(=O)C(C(=O)C(=NOC)c3csc(N)n3)[C@H]2SC1N.[Na+]. The number of nitrogen functional groups attached to an aromatic ring is 1. The zero-order valence-electron chi connectivity index (χ0n) is 16.1. The van der Waals surface area contributed by atoms with Gasteiger partial charge in [0.05, 0.1) is 23.3 Å². The first-order chi connectivity index (χ1) is 13.8. The van der Waals surface area contributed by atoms with E-state index in [1.54, 1.807) is 0 Å². The Morgan fingerprint density at radius 2 is 2.07 bits per heavy atom. The van der Waals surface area contributed by atoms with Crippen molar-refractivity contribution in [1.29, 1.82) is 0 Å². The third kappa shape index (κ3) is 4.24. The number of aromatic nitrogens is 1. The maximum absolute atomic E-state index is 13.0. The molecule has 1 aromatic rings. The van der Waals surface area contributed by atoms with Gasteiger partial charge < -0.3 is 31.0 Å². The van der Waals surface area contributed by atoms with Crippen molar-refractivity contribution in [2.75, 3.05) is 20.0 Å². The van der Waals surface area contributed by atoms with Crippen LogP contribution in [0.4, 0.5) is 5.13 Å². The van der Waals surface area contributed by atoms with Gasteiger partial charge in [0, 0.05) is 11.0 Å². The summed E-state index contributed by atoms with van der Waals surface area (Å²) >= 11 is 2.11. The van der Waals surface area contributed by atoms with Crippen LogP contribution in [0.2, 0.25) is 0 Å². The minimum absolute atomic E-state index is 0. The molecule has 15 heteroatoms. The van der Waals surface area contributed by atoms with Gasteiger partial charge in [-0.1, -0.05) is 10.3 Å². The summed E-state index contributed by atoms with van der Waals surface area (Å²) < 4.78 is 0. The molecule has 1 amide bonds. The summed E-state index contributed by atoms with van der Waals surface area (Å²) in [6.07, 6.45) is 1.09. The van der Waals surface area contributed by atoms with Gasteiger partial charge in [-0.3, -0.25) is 14.5 Å². The molecule has 4 N–H and O–H groups in total. The smallest absolute Gasteiger partial charge is 0.543 e. The minimum Gasteiger partial charge on any atom is -0.543 e. The molecule has 30 heavy (non-hydrogen) atoms. The van der Waals surface area contributed by atoms with Gasteiger partial charge in [0.25, 0.3) is 0 Å². The molecule has 0 aromatic carbocycles. The molecule has 3 atom stereocenters. The Hall–Kier alpha value is -1.97. The summed E-state index contributed by atoms with van der Waals surface area (Å²) in [4.78, 5) is 51.6. The number of nitrogens with zero attached hydrogens (tertiary/aromatic N) is 4. The Bertz CT molecular complexity index is 963. The number of oxime groups is 2. The van der Waals surface area contributed by atoms with Crippen LogP contribution in [0.25, 0.3) is 0 Å². The number of anilines is 1. The van der Waals surface area contributed by atoms with E-state index in [0.29, 0.717) is 0 Å². The fraction of sp³-hybridized carbons (Fsp3) is 0.333. The van der Waals surface area contributed by atoms with Crippen molar-refractivity contribution < 1.29 is 58.7 Å². The molecule has 12 nitrogen and oxygen atoms in total. The second kappa shape index (κ2) is 9.89. The number of nitrogens with two attached hydrogens (primary N) is 2. The molecular weight excluding hydrogens is 447 g/mol. The first-order valence-corrected chi connectivity index (χ1v) is 9.76. The van der Waals surface area contributed by atoms with Crippen LogP contribution >= 0.6 is 23.1 Å². The zero-order valence-corrected chi connectivity index (χ0v) is 19.7. The molecule has 0 aliphatic carbocycles. The quantitative estimate of drug-likeness (QED) is 0.131. The van der Waals surface area contributed by atoms with Crippen molar-refractivity contribution in [3.63, 3.8) is 0 Å². The van der Waals surface area contributed by atoms with Crippen LogP contribution in [0.15, 0.2) is 27.0 Å². The van der Waals surface area contributed by atoms with E-state index >= 15 is 0 Å². The van der Waals surface area contributed by atoms with Gasteiger partial charge in [-0.05, 0) is 0 Å². The summed E-state index contributed by atoms with van der Waals surface area (Å²) in [7, 11) is 2.51. The molecule has 0 radical (unpaired) electrons.